The molecule has 4 unspecified atom stereocenters. The number of halogens is 2. The molecule has 4 aliphatic rings. The molecule has 1 aliphatic carbocycles. The number of fused-ring (bicyclic) bond motifs is 1. The third kappa shape index (κ3) is 4.92. The molecule has 10 heteroatoms. The summed E-state index contributed by atoms with van der Waals surface area (Å²) < 4.78 is 0. The Morgan fingerprint density at radius 1 is 1.14 bits per heavy atom. The number of nitrogens with one attached hydrogen (secondary N) is 1. The van der Waals surface area contributed by atoms with Crippen molar-refractivity contribution in [2.75, 3.05) is 25.0 Å². The van der Waals surface area contributed by atoms with Crippen LogP contribution in [0, 0.1) is 5.41 Å². The molecule has 2 N–H and O–H groups in total. The Balaban J connectivity index is 1.18. The van der Waals surface area contributed by atoms with Crippen LogP contribution in [0.25, 0.3) is 0 Å². The van der Waals surface area contributed by atoms with Crippen LogP contribution in [0.15, 0.2) is 18.2 Å². The zero-order chi connectivity index (χ0) is 25.6. The van der Waals surface area contributed by atoms with E-state index in [1.807, 2.05) is 4.90 Å². The van der Waals surface area contributed by atoms with E-state index >= 15 is 0 Å². The van der Waals surface area contributed by atoms with Crippen molar-refractivity contribution in [3.05, 3.63) is 28.2 Å². The highest BCUT2D eigenvalue weighted by atomic mass is 35.5. The van der Waals surface area contributed by atoms with E-state index in [4.69, 9.17) is 23.2 Å². The van der Waals surface area contributed by atoms with Gasteiger partial charge in [0.1, 0.15) is 6.04 Å². The van der Waals surface area contributed by atoms with Gasteiger partial charge in [0, 0.05) is 43.8 Å². The average Bonchev–Trinajstić information content (AvgIpc) is 3.64. The maximum atomic E-state index is 13.4. The minimum absolute atomic E-state index is 0.00702. The average molecular weight is 537 g/mol. The lowest BCUT2D eigenvalue weighted by Gasteiger charge is -2.50. The predicted octanol–water partition coefficient (Wildman–Crippen LogP) is 4.13. The van der Waals surface area contributed by atoms with Gasteiger partial charge in [-0.25, -0.2) is 4.79 Å². The summed E-state index contributed by atoms with van der Waals surface area (Å²) in [5.41, 5.74) is 0.591. The van der Waals surface area contributed by atoms with Crippen LogP contribution in [0.1, 0.15) is 58.3 Å². The lowest BCUT2D eigenvalue weighted by atomic mass is 9.88. The van der Waals surface area contributed by atoms with Crippen LogP contribution in [0.5, 0.6) is 0 Å². The predicted molar refractivity (Wildman–Crippen MR) is 138 cm³/mol. The minimum atomic E-state index is -0.604. The maximum Gasteiger partial charge on any atom is 0.322 e. The Hall–Kier alpha value is -2.03. The Labute approximate surface area is 221 Å². The number of carbonyl (C=O) groups is 3. The van der Waals surface area contributed by atoms with E-state index in [0.29, 0.717) is 48.2 Å². The number of β-amino-alcohol motifs (C(OH)–C–C–N with tert-alkyl or cyclic N) is 1. The van der Waals surface area contributed by atoms with E-state index in [-0.39, 0.29) is 35.3 Å². The van der Waals surface area contributed by atoms with Crippen molar-refractivity contribution in [3.63, 3.8) is 0 Å². The number of aliphatic hydroxyl groups is 1. The summed E-state index contributed by atoms with van der Waals surface area (Å²) in [5, 5.41) is 14.0. The quantitative estimate of drug-likeness (QED) is 0.604. The summed E-state index contributed by atoms with van der Waals surface area (Å²) in [5.74, 6) is -0.0106. The fourth-order valence-corrected chi connectivity index (χ4v) is 6.48. The summed E-state index contributed by atoms with van der Waals surface area (Å²) in [6.45, 7) is 3.35. The number of benzene rings is 1. The van der Waals surface area contributed by atoms with Crippen molar-refractivity contribution >= 4 is 46.7 Å². The molecule has 4 atom stereocenters. The zero-order valence-corrected chi connectivity index (χ0v) is 22.1. The van der Waals surface area contributed by atoms with Crippen molar-refractivity contribution in [2.24, 2.45) is 5.41 Å². The number of hydrogen-bond acceptors (Lipinski definition) is 4. The van der Waals surface area contributed by atoms with Gasteiger partial charge in [0.25, 0.3) is 0 Å². The number of aliphatic hydroxyl groups excluding tert-OH is 1. The third-order valence-corrected chi connectivity index (χ3v) is 9.44. The van der Waals surface area contributed by atoms with Crippen molar-refractivity contribution in [2.45, 2.75) is 82.5 Å². The molecule has 1 aromatic rings. The van der Waals surface area contributed by atoms with E-state index in [2.05, 4.69) is 5.32 Å². The number of urea groups is 1. The minimum Gasteiger partial charge on any atom is -0.391 e. The Bertz CT molecular complexity index is 1050. The molecule has 8 nitrogen and oxygen atoms in total. The normalized spacial score (nSPS) is 29.2. The fraction of sp³-hybridized carbons (Fsp3) is 0.654. The molecule has 4 amide bonds. The van der Waals surface area contributed by atoms with Gasteiger partial charge in [-0.05, 0) is 75.5 Å². The van der Waals surface area contributed by atoms with Crippen LogP contribution in [0.2, 0.25) is 10.0 Å². The number of hydrogen-bond donors (Lipinski definition) is 2. The standard InChI is InChI=1S/C26H34Cl2N4O4/c1-16-24(35)32-18(6-8-23(34)30-12-11-26(9-10-26)22(33)15-30)3-2-4-19(32)14-31(16)25(36)29-17-5-7-20(27)21(28)13-17/h5,7,13,16,18-19,22,33H,2-4,6,8-12,14-15H2,1H3,(H,29,36). The van der Waals surface area contributed by atoms with Crippen LogP contribution in [-0.2, 0) is 9.59 Å². The first-order valence-corrected chi connectivity index (χ1v) is 13.7. The van der Waals surface area contributed by atoms with Crippen molar-refractivity contribution in [1.82, 2.24) is 14.7 Å². The van der Waals surface area contributed by atoms with E-state index in [1.165, 1.54) is 0 Å². The number of piperidine rings is 2. The highest BCUT2D eigenvalue weighted by Gasteiger charge is 2.52. The van der Waals surface area contributed by atoms with Crippen molar-refractivity contribution in [3.8, 4) is 0 Å². The molecular weight excluding hydrogens is 503 g/mol. The summed E-state index contributed by atoms with van der Waals surface area (Å²) in [7, 11) is 0. The van der Waals surface area contributed by atoms with Gasteiger partial charge in [0.15, 0.2) is 0 Å². The largest absolute Gasteiger partial charge is 0.391 e. The molecule has 0 aromatic heterocycles. The second-order valence-electron chi connectivity index (χ2n) is 10.9. The monoisotopic (exact) mass is 536 g/mol. The summed E-state index contributed by atoms with van der Waals surface area (Å²) in [6.07, 6.45) is 6.23. The van der Waals surface area contributed by atoms with Gasteiger partial charge < -0.3 is 25.1 Å². The Morgan fingerprint density at radius 2 is 1.92 bits per heavy atom. The topological polar surface area (TPSA) is 93.2 Å². The highest BCUT2D eigenvalue weighted by Crippen LogP contribution is 2.53. The number of likely N-dealkylation sites (tertiary alicyclic amines) is 1. The second-order valence-corrected chi connectivity index (χ2v) is 11.7. The number of anilines is 1. The van der Waals surface area contributed by atoms with Crippen LogP contribution >= 0.6 is 23.2 Å². The first kappa shape index (κ1) is 25.6. The Kier molecular flexibility index (Phi) is 7.13. The maximum absolute atomic E-state index is 13.4. The second kappa shape index (κ2) is 10.0. The van der Waals surface area contributed by atoms with E-state index < -0.39 is 12.1 Å². The van der Waals surface area contributed by atoms with Crippen LogP contribution in [0.4, 0.5) is 10.5 Å². The lowest BCUT2D eigenvalue weighted by Crippen LogP contribution is -2.66. The van der Waals surface area contributed by atoms with Gasteiger partial charge in [-0.1, -0.05) is 23.2 Å². The Morgan fingerprint density at radius 3 is 2.61 bits per heavy atom. The zero-order valence-electron chi connectivity index (χ0n) is 20.6. The number of carbonyl (C=O) groups excluding carboxylic acids is 3. The highest BCUT2D eigenvalue weighted by molar-refractivity contribution is 6.42. The number of amides is 4. The van der Waals surface area contributed by atoms with Gasteiger partial charge in [0.2, 0.25) is 11.8 Å². The smallest absolute Gasteiger partial charge is 0.322 e. The van der Waals surface area contributed by atoms with Gasteiger partial charge in [-0.15, -0.1) is 0 Å². The van der Waals surface area contributed by atoms with Crippen molar-refractivity contribution in [1.29, 1.82) is 0 Å². The third-order valence-electron chi connectivity index (χ3n) is 8.70. The fourth-order valence-electron chi connectivity index (χ4n) is 6.19. The van der Waals surface area contributed by atoms with E-state index in [9.17, 15) is 19.5 Å². The molecule has 0 bridgehead atoms. The van der Waals surface area contributed by atoms with E-state index in [0.717, 1.165) is 38.5 Å². The molecule has 4 fully saturated rings. The van der Waals surface area contributed by atoms with Crippen molar-refractivity contribution < 1.29 is 19.5 Å². The summed E-state index contributed by atoms with van der Waals surface area (Å²) in [6, 6.07) is 3.86. The molecule has 1 aromatic carbocycles. The van der Waals surface area contributed by atoms with Crippen LogP contribution in [-0.4, -0.2) is 81.5 Å². The molecule has 3 heterocycles. The lowest BCUT2D eigenvalue weighted by molar-refractivity contribution is -0.150. The molecule has 1 spiro atoms. The molecule has 1 saturated carbocycles. The van der Waals surface area contributed by atoms with Gasteiger partial charge in [-0.2, -0.15) is 0 Å². The van der Waals surface area contributed by atoms with Gasteiger partial charge in [-0.3, -0.25) is 9.59 Å². The number of nitrogens with zero attached hydrogens (tertiary/aromatic N) is 3. The summed E-state index contributed by atoms with van der Waals surface area (Å²) in [4.78, 5) is 44.7. The SMILES string of the molecule is CC1C(=O)N2C(CCC(=O)N3CCC4(CC4)C(O)C3)CCCC2CN1C(=O)Nc1ccc(Cl)c(Cl)c1. The number of rotatable bonds is 4. The summed E-state index contributed by atoms with van der Waals surface area (Å²) >= 11 is 12.0. The van der Waals surface area contributed by atoms with E-state index in [1.54, 1.807) is 34.9 Å². The van der Waals surface area contributed by atoms with Gasteiger partial charge in [0.05, 0.1) is 16.1 Å². The first-order chi connectivity index (χ1) is 17.2. The molecular formula is C26H34Cl2N4O4. The first-order valence-electron chi connectivity index (χ1n) is 13.0. The van der Waals surface area contributed by atoms with Crippen LogP contribution < -0.4 is 5.32 Å². The molecule has 36 heavy (non-hydrogen) atoms. The molecule has 3 saturated heterocycles. The molecule has 5 rings (SSSR count). The van der Waals surface area contributed by atoms with Crippen LogP contribution in [0.3, 0.4) is 0 Å². The van der Waals surface area contributed by atoms with Gasteiger partial charge >= 0.3 is 6.03 Å². The molecule has 3 aliphatic heterocycles. The number of piperazine rings is 1. The molecule has 196 valence electrons. The molecule has 0 radical (unpaired) electrons.